The minimum Gasteiger partial charge on any atom is -0.286 e. The van der Waals surface area contributed by atoms with Gasteiger partial charge in [-0.15, -0.1) is 0 Å². The molecule has 0 radical (unpaired) electrons. The van der Waals surface area contributed by atoms with Crippen molar-refractivity contribution < 1.29 is 19.2 Å². The van der Waals surface area contributed by atoms with Gasteiger partial charge in [0.25, 0.3) is 0 Å². The third-order valence-electron chi connectivity index (χ3n) is 2.14. The first kappa shape index (κ1) is 29.3. The normalized spacial score (nSPS) is 8.70. The Morgan fingerprint density at radius 3 is 0.870 bits per heavy atom. The number of carbonyl (C=O) groups is 4. The zero-order chi connectivity index (χ0) is 18.6. The van der Waals surface area contributed by atoms with Crippen LogP contribution in [-0.2, 0) is 19.2 Å². The van der Waals surface area contributed by atoms with E-state index in [0.717, 1.165) is 10.8 Å². The zero-order valence-electron chi connectivity index (χ0n) is 15.7. The third-order valence-corrected chi connectivity index (χ3v) is 2.14. The Kier molecular flexibility index (Phi) is 19.4. The second kappa shape index (κ2) is 15.2. The minimum absolute atomic E-state index is 0. The van der Waals surface area contributed by atoms with Crippen molar-refractivity contribution in [3.05, 3.63) is 0 Å². The van der Waals surface area contributed by atoms with Gasteiger partial charge >= 0.3 is 0 Å². The number of hydrogen-bond acceptors (Lipinski definition) is 4. The largest absolute Gasteiger partial charge is 0.286 e. The fourth-order valence-corrected chi connectivity index (χ4v) is 1.17. The molecule has 0 saturated carbocycles. The van der Waals surface area contributed by atoms with Gasteiger partial charge in [-0.2, -0.15) is 0 Å². The molecule has 0 aliphatic heterocycles. The average Bonchev–Trinajstić information content (AvgIpc) is 2.25. The van der Waals surface area contributed by atoms with Gasteiger partial charge in [0.1, 0.15) is 0 Å². The van der Waals surface area contributed by atoms with Gasteiger partial charge in [-0.25, -0.2) is 0 Å². The van der Waals surface area contributed by atoms with Gasteiger partial charge in [0.05, 0.1) is 0 Å². The van der Waals surface area contributed by atoms with Gasteiger partial charge in [0, 0.05) is 40.8 Å². The van der Waals surface area contributed by atoms with Gasteiger partial charge < -0.3 is 0 Å². The van der Waals surface area contributed by atoms with Crippen LogP contribution in [-0.4, -0.2) is 46.5 Å². The molecule has 0 heterocycles. The van der Waals surface area contributed by atoms with Crippen LogP contribution in [0.1, 0.15) is 69.7 Å². The molecule has 6 nitrogen and oxygen atoms in total. The predicted octanol–water partition coefficient (Wildman–Crippen LogP) is 3.10. The molecule has 0 aromatic rings. The summed E-state index contributed by atoms with van der Waals surface area (Å²) in [4.78, 5) is 44.3. The number of nitrogens with zero attached hydrogens (tertiary/aromatic N) is 2. The summed E-state index contributed by atoms with van der Waals surface area (Å²) in [5, 5.41) is 0. The van der Waals surface area contributed by atoms with E-state index in [4.69, 9.17) is 0 Å². The fourth-order valence-electron chi connectivity index (χ4n) is 1.17. The summed E-state index contributed by atoms with van der Waals surface area (Å²) in [5.41, 5.74) is 0. The number of amides is 4. The Morgan fingerprint density at radius 1 is 0.652 bits per heavy atom. The van der Waals surface area contributed by atoms with E-state index in [1.54, 1.807) is 0 Å². The molecule has 6 heteroatoms. The maximum absolute atomic E-state index is 10.7. The van der Waals surface area contributed by atoms with E-state index >= 15 is 0 Å². The molecule has 4 amide bonds. The highest BCUT2D eigenvalue weighted by Crippen LogP contribution is 1.98. The summed E-state index contributed by atoms with van der Waals surface area (Å²) in [6.45, 7) is 15.6. The first-order chi connectivity index (χ1) is 9.75. The molecule has 0 bridgehead atoms. The van der Waals surface area contributed by atoms with Crippen LogP contribution >= 0.6 is 0 Å². The zero-order valence-corrected chi connectivity index (χ0v) is 15.7. The quantitative estimate of drug-likeness (QED) is 0.739. The molecule has 0 N–H and O–H groups in total. The van der Waals surface area contributed by atoms with Crippen molar-refractivity contribution in [3.8, 4) is 0 Å². The van der Waals surface area contributed by atoms with Crippen LogP contribution in [0.5, 0.6) is 0 Å². The molecule has 0 aromatic heterocycles. The Labute approximate surface area is 142 Å². The van der Waals surface area contributed by atoms with E-state index in [9.17, 15) is 19.2 Å². The Morgan fingerprint density at radius 2 is 0.870 bits per heavy atom. The van der Waals surface area contributed by atoms with E-state index in [1.165, 1.54) is 39.6 Å². The lowest BCUT2D eigenvalue weighted by Crippen LogP contribution is -2.38. The van der Waals surface area contributed by atoms with Crippen molar-refractivity contribution in [1.29, 1.82) is 0 Å². The van der Waals surface area contributed by atoms with Crippen LogP contribution in [0.3, 0.4) is 0 Å². The molecule has 0 aliphatic carbocycles. The number of rotatable bonds is 1. The fraction of sp³-hybridized carbons (Fsp3) is 0.765. The van der Waals surface area contributed by atoms with E-state index in [1.807, 2.05) is 13.8 Å². The standard InChI is InChI=1S/C7H13NO2.C5H9NO2.C4H10.CH4/c1-5(2)8(6(3)9)7(4)10;1-4(7)6(3)5(2)8;1-4(2)3;/h5H,1-4H3;1-3H3;4H,1-3H3;1H4. The SMILES string of the molecule is C.CC(=O)N(C(C)=O)C(C)C.CC(=O)N(C)C(C)=O.CC(C)C. The van der Waals surface area contributed by atoms with E-state index < -0.39 is 0 Å². The maximum Gasteiger partial charge on any atom is 0.226 e. The molecule has 0 aromatic carbocycles. The molecule has 0 rings (SSSR count). The summed E-state index contributed by atoms with van der Waals surface area (Å²) < 4.78 is 0. The van der Waals surface area contributed by atoms with Crippen molar-refractivity contribution >= 4 is 23.6 Å². The van der Waals surface area contributed by atoms with Crippen molar-refractivity contribution in [3.63, 3.8) is 0 Å². The molecule has 0 fully saturated rings. The van der Waals surface area contributed by atoms with Crippen molar-refractivity contribution in [2.24, 2.45) is 5.92 Å². The molecule has 23 heavy (non-hydrogen) atoms. The van der Waals surface area contributed by atoms with Crippen LogP contribution in [0.25, 0.3) is 0 Å². The predicted molar refractivity (Wildman–Crippen MR) is 94.7 cm³/mol. The topological polar surface area (TPSA) is 74.8 Å². The smallest absolute Gasteiger partial charge is 0.226 e. The van der Waals surface area contributed by atoms with Crippen LogP contribution < -0.4 is 0 Å². The summed E-state index contributed by atoms with van der Waals surface area (Å²) in [5.74, 6) is 0.00000000000000155. The van der Waals surface area contributed by atoms with Gasteiger partial charge in [-0.05, 0) is 19.8 Å². The van der Waals surface area contributed by atoms with Gasteiger partial charge in [0.15, 0.2) is 0 Å². The highest BCUT2D eigenvalue weighted by Gasteiger charge is 2.16. The van der Waals surface area contributed by atoms with Crippen molar-refractivity contribution in [2.75, 3.05) is 7.05 Å². The molecule has 0 saturated heterocycles. The van der Waals surface area contributed by atoms with Crippen molar-refractivity contribution in [1.82, 2.24) is 9.80 Å². The first-order valence-electron chi connectivity index (χ1n) is 7.30. The maximum atomic E-state index is 10.7. The number of hydrogen-bond donors (Lipinski definition) is 0. The van der Waals surface area contributed by atoms with Gasteiger partial charge in [0.2, 0.25) is 23.6 Å². The average molecular weight is 332 g/mol. The monoisotopic (exact) mass is 332 g/mol. The molecule has 0 atom stereocenters. The Balaban J connectivity index is -0.000000125. The van der Waals surface area contributed by atoms with Gasteiger partial charge in [-0.3, -0.25) is 29.0 Å². The molecular formula is C17H36N2O4. The van der Waals surface area contributed by atoms with Crippen LogP contribution in [0.4, 0.5) is 0 Å². The van der Waals surface area contributed by atoms with E-state index in [0.29, 0.717) is 0 Å². The molecule has 0 unspecified atom stereocenters. The number of imide groups is 2. The second-order valence-electron chi connectivity index (χ2n) is 5.83. The molecule has 138 valence electrons. The summed E-state index contributed by atoms with van der Waals surface area (Å²) in [6, 6.07) is -0.0324. The third kappa shape index (κ3) is 20.3. The lowest BCUT2D eigenvalue weighted by atomic mass is 10.3. The Bertz CT molecular complexity index is 346. The lowest BCUT2D eigenvalue weighted by Gasteiger charge is -2.20. The molecule has 0 spiro atoms. The highest BCUT2D eigenvalue weighted by atomic mass is 16.2. The van der Waals surface area contributed by atoms with Crippen LogP contribution in [0, 0.1) is 5.92 Å². The molecule has 0 aliphatic rings. The minimum atomic E-state index is -0.225. The number of carbonyl (C=O) groups excluding carboxylic acids is 4. The van der Waals surface area contributed by atoms with E-state index in [-0.39, 0.29) is 37.1 Å². The van der Waals surface area contributed by atoms with Crippen LogP contribution in [0.15, 0.2) is 0 Å². The summed E-state index contributed by atoms with van der Waals surface area (Å²) >= 11 is 0. The van der Waals surface area contributed by atoms with Crippen LogP contribution in [0.2, 0.25) is 0 Å². The van der Waals surface area contributed by atoms with E-state index in [2.05, 4.69) is 20.8 Å². The second-order valence-corrected chi connectivity index (χ2v) is 5.83. The highest BCUT2D eigenvalue weighted by molar-refractivity contribution is 5.93. The Hall–Kier alpha value is -1.72. The summed E-state index contributed by atoms with van der Waals surface area (Å²) in [6.07, 6.45) is 0. The lowest BCUT2D eigenvalue weighted by molar-refractivity contribution is -0.144. The van der Waals surface area contributed by atoms with Crippen molar-refractivity contribution in [2.45, 2.75) is 75.8 Å². The summed E-state index contributed by atoms with van der Waals surface area (Å²) in [7, 11) is 1.45. The first-order valence-corrected chi connectivity index (χ1v) is 7.30. The van der Waals surface area contributed by atoms with Gasteiger partial charge in [-0.1, -0.05) is 28.2 Å². The molecular weight excluding hydrogens is 296 g/mol.